The number of hydrogen-bond acceptors (Lipinski definition) is 3. The molecular formula is C9H7NO3S. The maximum absolute atomic E-state index is 11.6. The first-order valence-electron chi connectivity index (χ1n) is 3.65. The Bertz CT molecular complexity index is 483. The highest BCUT2D eigenvalue weighted by Crippen LogP contribution is 2.18. The third-order valence-electron chi connectivity index (χ3n) is 1.55. The number of benzene rings is 1. The Morgan fingerprint density at radius 2 is 1.93 bits per heavy atom. The van der Waals surface area contributed by atoms with Gasteiger partial charge in [0.05, 0.1) is 17.7 Å². The lowest BCUT2D eigenvalue weighted by Crippen LogP contribution is -2.01. The highest BCUT2D eigenvalue weighted by atomic mass is 32.2. The fraction of sp³-hybridized carbons (Fsp3) is 0. The van der Waals surface area contributed by atoms with Crippen LogP contribution in [0.4, 0.5) is 0 Å². The number of sulfone groups is 1. The van der Waals surface area contributed by atoms with Crippen LogP contribution in [-0.4, -0.2) is 13.5 Å². The molecule has 0 atom stereocenters. The van der Waals surface area contributed by atoms with E-state index in [1.165, 1.54) is 12.1 Å². The summed E-state index contributed by atoms with van der Waals surface area (Å²) in [6.45, 7) is 6.58. The summed E-state index contributed by atoms with van der Waals surface area (Å²) in [5.74, 6) is 0. The molecule has 5 heteroatoms. The molecule has 0 aliphatic carbocycles. The quantitative estimate of drug-likeness (QED) is 0.596. The van der Waals surface area contributed by atoms with E-state index in [1.807, 2.05) is 0 Å². The van der Waals surface area contributed by atoms with Crippen molar-refractivity contribution in [2.45, 2.75) is 4.90 Å². The Hall–Kier alpha value is -1.80. The SMILES string of the molecule is [C-]#[N+]/C(=C/O)S(=O)(=O)c1ccccc1. The first-order valence-corrected chi connectivity index (χ1v) is 5.13. The number of nitrogens with zero attached hydrogens (tertiary/aromatic N) is 1. The summed E-state index contributed by atoms with van der Waals surface area (Å²) in [4.78, 5) is 2.72. The second-order valence-electron chi connectivity index (χ2n) is 2.40. The average molecular weight is 209 g/mol. The Kier molecular flexibility index (Phi) is 2.89. The lowest BCUT2D eigenvalue weighted by molar-refractivity contribution is 0.471. The van der Waals surface area contributed by atoms with Crippen LogP contribution < -0.4 is 0 Å². The van der Waals surface area contributed by atoms with Gasteiger partial charge in [-0.25, -0.2) is 13.3 Å². The Balaban J connectivity index is 3.32. The summed E-state index contributed by atoms with van der Waals surface area (Å²) in [7, 11) is -3.84. The zero-order valence-corrected chi connectivity index (χ0v) is 7.90. The number of rotatable bonds is 2. The van der Waals surface area contributed by atoms with Crippen molar-refractivity contribution < 1.29 is 13.5 Å². The van der Waals surface area contributed by atoms with Crippen LogP contribution in [0.25, 0.3) is 4.85 Å². The van der Waals surface area contributed by atoms with Gasteiger partial charge >= 0.3 is 5.03 Å². The van der Waals surface area contributed by atoms with Crippen molar-refractivity contribution in [1.29, 1.82) is 0 Å². The highest BCUT2D eigenvalue weighted by molar-refractivity contribution is 7.95. The molecule has 1 aromatic rings. The fourth-order valence-electron chi connectivity index (χ4n) is 0.879. The predicted octanol–water partition coefficient (Wildman–Crippen LogP) is 1.74. The molecule has 0 saturated carbocycles. The van der Waals surface area contributed by atoms with Crippen molar-refractivity contribution in [1.82, 2.24) is 0 Å². The molecule has 0 spiro atoms. The molecular weight excluding hydrogens is 202 g/mol. The molecule has 1 aromatic carbocycles. The monoisotopic (exact) mass is 209 g/mol. The van der Waals surface area contributed by atoms with Gasteiger partial charge in [0.15, 0.2) is 0 Å². The van der Waals surface area contributed by atoms with Crippen LogP contribution in [0.3, 0.4) is 0 Å². The molecule has 1 rings (SSSR count). The summed E-state index contributed by atoms with van der Waals surface area (Å²) >= 11 is 0. The average Bonchev–Trinajstić information content (AvgIpc) is 2.20. The van der Waals surface area contributed by atoms with E-state index in [1.54, 1.807) is 18.2 Å². The minimum Gasteiger partial charge on any atom is -0.526 e. The number of aliphatic hydroxyl groups excluding tert-OH is 1. The topological polar surface area (TPSA) is 58.7 Å². The van der Waals surface area contributed by atoms with Gasteiger partial charge in [0.25, 0.3) is 0 Å². The van der Waals surface area contributed by atoms with E-state index in [0.717, 1.165) is 0 Å². The van der Waals surface area contributed by atoms with E-state index in [2.05, 4.69) is 4.85 Å². The van der Waals surface area contributed by atoms with Gasteiger partial charge in [0.1, 0.15) is 0 Å². The van der Waals surface area contributed by atoms with Crippen molar-refractivity contribution in [3.8, 4) is 0 Å². The van der Waals surface area contributed by atoms with Crippen LogP contribution in [0.5, 0.6) is 0 Å². The van der Waals surface area contributed by atoms with Gasteiger partial charge in [-0.3, -0.25) is 0 Å². The predicted molar refractivity (Wildman–Crippen MR) is 50.9 cm³/mol. The zero-order chi connectivity index (χ0) is 10.6. The molecule has 0 aliphatic rings. The summed E-state index contributed by atoms with van der Waals surface area (Å²) in [6, 6.07) is 7.49. The lowest BCUT2D eigenvalue weighted by atomic mass is 10.4. The van der Waals surface area contributed by atoms with Gasteiger partial charge in [-0.1, -0.05) is 18.2 Å². The highest BCUT2D eigenvalue weighted by Gasteiger charge is 2.21. The van der Waals surface area contributed by atoms with E-state index < -0.39 is 14.9 Å². The van der Waals surface area contributed by atoms with Gasteiger partial charge in [0, 0.05) is 0 Å². The summed E-state index contributed by atoms with van der Waals surface area (Å²) in [5, 5.41) is 7.89. The summed E-state index contributed by atoms with van der Waals surface area (Å²) in [5.41, 5.74) is 0. The van der Waals surface area contributed by atoms with Gasteiger partial charge in [-0.2, -0.15) is 0 Å². The first kappa shape index (κ1) is 10.3. The molecule has 0 bridgehead atoms. The Morgan fingerprint density at radius 3 is 2.36 bits per heavy atom. The minimum atomic E-state index is -3.84. The molecule has 0 amide bonds. The van der Waals surface area contributed by atoms with Crippen LogP contribution >= 0.6 is 0 Å². The van der Waals surface area contributed by atoms with Crippen molar-refractivity contribution in [3.63, 3.8) is 0 Å². The van der Waals surface area contributed by atoms with E-state index in [9.17, 15) is 8.42 Å². The van der Waals surface area contributed by atoms with E-state index >= 15 is 0 Å². The molecule has 1 N–H and O–H groups in total. The van der Waals surface area contributed by atoms with Gasteiger partial charge in [-0.05, 0) is 12.1 Å². The zero-order valence-electron chi connectivity index (χ0n) is 7.08. The van der Waals surface area contributed by atoms with E-state index in [4.69, 9.17) is 11.7 Å². The molecule has 14 heavy (non-hydrogen) atoms. The Labute approximate surface area is 81.9 Å². The molecule has 0 unspecified atom stereocenters. The Morgan fingerprint density at radius 1 is 1.36 bits per heavy atom. The van der Waals surface area contributed by atoms with Crippen LogP contribution in [0, 0.1) is 6.57 Å². The third kappa shape index (κ3) is 1.75. The molecule has 0 heterocycles. The van der Waals surface area contributed by atoms with Gasteiger partial charge in [0.2, 0.25) is 9.84 Å². The summed E-state index contributed by atoms with van der Waals surface area (Å²) in [6.07, 6.45) is 0.301. The van der Waals surface area contributed by atoms with Crippen molar-refractivity contribution >= 4 is 9.84 Å². The number of aliphatic hydroxyl groups is 1. The van der Waals surface area contributed by atoms with Crippen molar-refractivity contribution in [3.05, 3.63) is 53.0 Å². The molecule has 0 fully saturated rings. The second kappa shape index (κ2) is 3.94. The van der Waals surface area contributed by atoms with E-state index in [-0.39, 0.29) is 4.90 Å². The van der Waals surface area contributed by atoms with Crippen LogP contribution in [0.15, 0.2) is 46.5 Å². The minimum absolute atomic E-state index is 0.00343. The third-order valence-corrected chi connectivity index (χ3v) is 3.19. The summed E-state index contributed by atoms with van der Waals surface area (Å²) < 4.78 is 23.1. The lowest BCUT2D eigenvalue weighted by Gasteiger charge is -1.99. The van der Waals surface area contributed by atoms with Gasteiger partial charge < -0.3 is 5.11 Å². The largest absolute Gasteiger partial charge is 0.526 e. The van der Waals surface area contributed by atoms with Crippen LogP contribution in [0.1, 0.15) is 0 Å². The van der Waals surface area contributed by atoms with Crippen molar-refractivity contribution in [2.75, 3.05) is 0 Å². The normalized spacial score (nSPS) is 12.1. The second-order valence-corrected chi connectivity index (χ2v) is 4.29. The standard InChI is InChI=1S/C9H7NO3S/c1-10-9(7-11)14(12,13)8-5-3-2-4-6-8/h2-7,11H/b9-7-. The molecule has 0 aliphatic heterocycles. The molecule has 0 aromatic heterocycles. The maximum Gasteiger partial charge on any atom is 0.316 e. The van der Waals surface area contributed by atoms with Crippen LogP contribution in [0.2, 0.25) is 0 Å². The first-order chi connectivity index (χ1) is 6.62. The molecule has 0 saturated heterocycles. The maximum atomic E-state index is 11.6. The smallest absolute Gasteiger partial charge is 0.316 e. The molecule has 0 radical (unpaired) electrons. The van der Waals surface area contributed by atoms with Crippen molar-refractivity contribution in [2.24, 2.45) is 0 Å². The molecule has 72 valence electrons. The number of hydrogen-bond donors (Lipinski definition) is 1. The van der Waals surface area contributed by atoms with E-state index in [0.29, 0.717) is 6.26 Å². The molecule has 4 nitrogen and oxygen atoms in total. The van der Waals surface area contributed by atoms with Crippen LogP contribution in [-0.2, 0) is 9.84 Å². The van der Waals surface area contributed by atoms with Gasteiger partial charge in [-0.15, -0.1) is 0 Å². The fourth-order valence-corrected chi connectivity index (χ4v) is 1.89.